The van der Waals surface area contributed by atoms with E-state index < -0.39 is 0 Å². The van der Waals surface area contributed by atoms with E-state index in [2.05, 4.69) is 0 Å². The van der Waals surface area contributed by atoms with Gasteiger partial charge in [-0.1, -0.05) is 48.0 Å². The van der Waals surface area contributed by atoms with Crippen LogP contribution in [0.3, 0.4) is 0 Å². The Bertz CT molecular complexity index is 1060. The van der Waals surface area contributed by atoms with Gasteiger partial charge in [0.25, 0.3) is 5.91 Å². The number of thioether (sulfide) groups is 1. The first-order valence-corrected chi connectivity index (χ1v) is 9.64. The molecule has 3 aromatic carbocycles. The normalized spacial score (nSPS) is 15.3. The summed E-state index contributed by atoms with van der Waals surface area (Å²) in [6.07, 6.45) is 1.80. The Kier molecular flexibility index (Phi) is 5.00. The molecule has 1 amide bonds. The van der Waals surface area contributed by atoms with E-state index in [1.807, 2.05) is 85.8 Å². The largest absolute Gasteiger partial charge is 0.457 e. The van der Waals surface area contributed by atoms with Gasteiger partial charge in [-0.25, -0.2) is 0 Å². The van der Waals surface area contributed by atoms with Crippen LogP contribution in [0.2, 0.25) is 0 Å². The third kappa shape index (κ3) is 3.85. The maximum atomic E-state index is 12.8. The van der Waals surface area contributed by atoms with Gasteiger partial charge in [0, 0.05) is 0 Å². The number of nitrogens with zero attached hydrogens (tertiary/aromatic N) is 1. The molecule has 0 atom stereocenters. The molecule has 1 N–H and O–H groups in total. The van der Waals surface area contributed by atoms with Crippen molar-refractivity contribution in [2.45, 2.75) is 6.92 Å². The standard InChI is InChI=1S/C23H18N2O2S/c1-16-10-12-18(13-11-16)25-22(26)21(28-23(25)24)15-17-6-5-9-20(14-17)27-19-7-3-2-4-8-19/h2-15,24H,1H3/b21-15-,24-23?. The van der Waals surface area contributed by atoms with Crippen LogP contribution in [-0.4, -0.2) is 11.1 Å². The van der Waals surface area contributed by atoms with E-state index in [1.165, 1.54) is 16.7 Å². The highest BCUT2D eigenvalue weighted by molar-refractivity contribution is 8.19. The first kappa shape index (κ1) is 18.1. The molecular weight excluding hydrogens is 368 g/mol. The summed E-state index contributed by atoms with van der Waals surface area (Å²) >= 11 is 1.17. The molecule has 0 saturated carbocycles. The number of nitrogens with one attached hydrogen (secondary N) is 1. The Hall–Kier alpha value is -3.31. The minimum Gasteiger partial charge on any atom is -0.457 e. The van der Waals surface area contributed by atoms with Gasteiger partial charge >= 0.3 is 0 Å². The van der Waals surface area contributed by atoms with Crippen LogP contribution in [0.15, 0.2) is 83.8 Å². The van der Waals surface area contributed by atoms with E-state index >= 15 is 0 Å². The lowest BCUT2D eigenvalue weighted by atomic mass is 10.2. The Morgan fingerprint density at radius 1 is 0.929 bits per heavy atom. The number of rotatable bonds is 4. The molecule has 1 fully saturated rings. The zero-order valence-corrected chi connectivity index (χ0v) is 16.1. The molecule has 1 aliphatic heterocycles. The van der Waals surface area contributed by atoms with Gasteiger partial charge in [0.15, 0.2) is 5.17 Å². The summed E-state index contributed by atoms with van der Waals surface area (Å²) in [5, 5.41) is 8.42. The fraction of sp³-hybridized carbons (Fsp3) is 0.0435. The summed E-state index contributed by atoms with van der Waals surface area (Å²) in [6, 6.07) is 24.7. The molecule has 1 heterocycles. The van der Waals surface area contributed by atoms with Crippen molar-refractivity contribution in [3.63, 3.8) is 0 Å². The maximum absolute atomic E-state index is 12.8. The van der Waals surface area contributed by atoms with E-state index in [-0.39, 0.29) is 11.1 Å². The van der Waals surface area contributed by atoms with Gasteiger partial charge in [-0.3, -0.25) is 15.1 Å². The lowest BCUT2D eigenvalue weighted by molar-refractivity contribution is -0.113. The summed E-state index contributed by atoms with van der Waals surface area (Å²) in [6.45, 7) is 1.99. The Morgan fingerprint density at radius 2 is 1.64 bits per heavy atom. The Labute approximate surface area is 168 Å². The van der Waals surface area contributed by atoms with Crippen LogP contribution in [0.5, 0.6) is 11.5 Å². The molecule has 0 spiro atoms. The van der Waals surface area contributed by atoms with E-state index in [9.17, 15) is 4.79 Å². The van der Waals surface area contributed by atoms with E-state index in [1.54, 1.807) is 6.08 Å². The molecule has 1 saturated heterocycles. The van der Waals surface area contributed by atoms with Crippen LogP contribution in [0.4, 0.5) is 5.69 Å². The van der Waals surface area contributed by atoms with Gasteiger partial charge in [0.05, 0.1) is 10.6 Å². The highest BCUT2D eigenvalue weighted by Gasteiger charge is 2.33. The van der Waals surface area contributed by atoms with Crippen molar-refractivity contribution < 1.29 is 9.53 Å². The number of carbonyl (C=O) groups is 1. The number of benzene rings is 3. The number of para-hydroxylation sites is 1. The zero-order chi connectivity index (χ0) is 19.5. The molecule has 5 heteroatoms. The van der Waals surface area contributed by atoms with Gasteiger partial charge in [0.1, 0.15) is 11.5 Å². The van der Waals surface area contributed by atoms with Crippen LogP contribution in [-0.2, 0) is 4.79 Å². The van der Waals surface area contributed by atoms with E-state index in [4.69, 9.17) is 10.1 Å². The Morgan fingerprint density at radius 3 is 2.39 bits per heavy atom. The summed E-state index contributed by atoms with van der Waals surface area (Å²) in [7, 11) is 0. The van der Waals surface area contributed by atoms with Crippen molar-refractivity contribution in [3.8, 4) is 11.5 Å². The average Bonchev–Trinajstić information content (AvgIpc) is 2.97. The second-order valence-corrected chi connectivity index (χ2v) is 7.41. The first-order valence-electron chi connectivity index (χ1n) is 8.82. The fourth-order valence-corrected chi connectivity index (χ4v) is 3.72. The summed E-state index contributed by atoms with van der Waals surface area (Å²) in [5.74, 6) is 1.26. The van der Waals surface area contributed by atoms with Gasteiger partial charge in [-0.2, -0.15) is 0 Å². The highest BCUT2D eigenvalue weighted by Crippen LogP contribution is 2.35. The first-order chi connectivity index (χ1) is 13.6. The second kappa shape index (κ2) is 7.74. The fourth-order valence-electron chi connectivity index (χ4n) is 2.86. The molecule has 0 radical (unpaired) electrons. The van der Waals surface area contributed by atoms with Crippen molar-refractivity contribution in [2.75, 3.05) is 4.90 Å². The molecule has 0 unspecified atom stereocenters. The predicted octanol–water partition coefficient (Wildman–Crippen LogP) is 5.84. The van der Waals surface area contributed by atoms with Crippen molar-refractivity contribution in [3.05, 3.63) is 94.9 Å². The molecule has 0 aromatic heterocycles. The van der Waals surface area contributed by atoms with Crippen LogP contribution in [0.1, 0.15) is 11.1 Å². The third-order valence-electron chi connectivity index (χ3n) is 4.25. The molecule has 0 aliphatic carbocycles. The van der Waals surface area contributed by atoms with E-state index in [0.717, 1.165) is 16.9 Å². The monoisotopic (exact) mass is 386 g/mol. The number of amides is 1. The topological polar surface area (TPSA) is 53.4 Å². The summed E-state index contributed by atoms with van der Waals surface area (Å²) < 4.78 is 5.86. The number of carbonyl (C=O) groups excluding carboxylic acids is 1. The van der Waals surface area contributed by atoms with Crippen molar-refractivity contribution in [2.24, 2.45) is 0 Å². The quantitative estimate of drug-likeness (QED) is 0.573. The van der Waals surface area contributed by atoms with E-state index in [0.29, 0.717) is 16.3 Å². The van der Waals surface area contributed by atoms with Gasteiger partial charge < -0.3 is 4.74 Å². The lowest BCUT2D eigenvalue weighted by Gasteiger charge is -2.14. The average molecular weight is 386 g/mol. The van der Waals surface area contributed by atoms with Crippen LogP contribution < -0.4 is 9.64 Å². The van der Waals surface area contributed by atoms with Crippen molar-refractivity contribution in [1.29, 1.82) is 5.41 Å². The number of hydrogen-bond acceptors (Lipinski definition) is 4. The molecule has 1 aliphatic rings. The van der Waals surface area contributed by atoms with Gasteiger partial charge in [-0.15, -0.1) is 0 Å². The SMILES string of the molecule is Cc1ccc(N2C(=N)S/C(=C\c3cccc(Oc4ccccc4)c3)C2=O)cc1. The van der Waals surface area contributed by atoms with Crippen LogP contribution >= 0.6 is 11.8 Å². The molecule has 0 bridgehead atoms. The number of ether oxygens (including phenoxy) is 1. The molecule has 3 aromatic rings. The van der Waals surface area contributed by atoms with Gasteiger partial charge in [0.2, 0.25) is 0 Å². The minimum atomic E-state index is -0.187. The number of amidine groups is 1. The third-order valence-corrected chi connectivity index (χ3v) is 5.14. The Balaban J connectivity index is 1.57. The van der Waals surface area contributed by atoms with Gasteiger partial charge in [-0.05, 0) is 66.7 Å². The highest BCUT2D eigenvalue weighted by atomic mass is 32.2. The van der Waals surface area contributed by atoms with Crippen molar-refractivity contribution >= 4 is 34.6 Å². The van der Waals surface area contributed by atoms with Crippen LogP contribution in [0.25, 0.3) is 6.08 Å². The van der Waals surface area contributed by atoms with Crippen molar-refractivity contribution in [1.82, 2.24) is 0 Å². The molecular formula is C23H18N2O2S. The zero-order valence-electron chi connectivity index (χ0n) is 15.3. The van der Waals surface area contributed by atoms with Crippen LogP contribution in [0, 0.1) is 12.3 Å². The molecule has 4 nitrogen and oxygen atoms in total. The second-order valence-electron chi connectivity index (χ2n) is 6.38. The number of hydrogen-bond donors (Lipinski definition) is 1. The molecule has 138 valence electrons. The molecule has 28 heavy (non-hydrogen) atoms. The summed E-state index contributed by atoms with van der Waals surface area (Å²) in [5.41, 5.74) is 2.67. The number of aryl methyl sites for hydroxylation is 1. The minimum absolute atomic E-state index is 0.187. The smallest absolute Gasteiger partial charge is 0.271 e. The lowest BCUT2D eigenvalue weighted by Crippen LogP contribution is -2.28. The molecule has 4 rings (SSSR count). The predicted molar refractivity (Wildman–Crippen MR) is 115 cm³/mol. The maximum Gasteiger partial charge on any atom is 0.271 e. The number of anilines is 1. The summed E-state index contributed by atoms with van der Waals surface area (Å²) in [4.78, 5) is 14.8.